The zero-order chi connectivity index (χ0) is 24.1. The molecule has 176 valence electrons. The number of nitrogens with one attached hydrogen (secondary N) is 1. The number of thioether (sulfide) groups is 1. The third-order valence-corrected chi connectivity index (χ3v) is 7.19. The van der Waals surface area contributed by atoms with Gasteiger partial charge in [0.25, 0.3) is 0 Å². The number of carbonyl (C=O) groups is 2. The molecule has 10 heteroatoms. The van der Waals surface area contributed by atoms with Crippen LogP contribution in [0.15, 0.2) is 29.4 Å². The topological polar surface area (TPSA) is 89.3 Å². The number of amides is 1. The first-order valence-corrected chi connectivity index (χ1v) is 12.5. The molecule has 0 radical (unpaired) electrons. The van der Waals surface area contributed by atoms with Gasteiger partial charge in [-0.3, -0.25) is 4.79 Å². The van der Waals surface area contributed by atoms with Gasteiger partial charge in [-0.15, -0.1) is 21.5 Å². The molecule has 8 nitrogen and oxygen atoms in total. The number of anilines is 2. The van der Waals surface area contributed by atoms with Gasteiger partial charge in [0.05, 0.1) is 17.9 Å². The molecule has 2 aromatic heterocycles. The van der Waals surface area contributed by atoms with E-state index in [0.717, 1.165) is 27.5 Å². The molecular weight excluding hydrogens is 458 g/mol. The fraction of sp³-hybridized carbons (Fsp3) is 0.391. The van der Waals surface area contributed by atoms with Crippen molar-refractivity contribution in [2.24, 2.45) is 0 Å². The van der Waals surface area contributed by atoms with Crippen molar-refractivity contribution in [3.05, 3.63) is 40.3 Å². The Morgan fingerprint density at radius 3 is 2.64 bits per heavy atom. The number of rotatable bonds is 9. The average molecular weight is 488 g/mol. The van der Waals surface area contributed by atoms with Crippen LogP contribution < -0.4 is 10.2 Å². The first-order valence-electron chi connectivity index (χ1n) is 10.7. The Labute approximate surface area is 202 Å². The fourth-order valence-corrected chi connectivity index (χ4v) is 5.14. The summed E-state index contributed by atoms with van der Waals surface area (Å²) in [6, 6.07) is 8.10. The van der Waals surface area contributed by atoms with Crippen LogP contribution in [0, 0.1) is 13.8 Å². The van der Waals surface area contributed by atoms with Gasteiger partial charge in [-0.2, -0.15) is 0 Å². The van der Waals surface area contributed by atoms with Crippen molar-refractivity contribution < 1.29 is 14.3 Å². The largest absolute Gasteiger partial charge is 0.462 e. The van der Waals surface area contributed by atoms with E-state index in [1.165, 1.54) is 23.1 Å². The van der Waals surface area contributed by atoms with E-state index in [1.54, 1.807) is 6.92 Å². The van der Waals surface area contributed by atoms with E-state index in [9.17, 15) is 9.59 Å². The number of esters is 1. The van der Waals surface area contributed by atoms with Gasteiger partial charge >= 0.3 is 5.97 Å². The van der Waals surface area contributed by atoms with Gasteiger partial charge in [-0.05, 0) is 45.4 Å². The third-order valence-electron chi connectivity index (χ3n) is 5.10. The molecule has 0 saturated heterocycles. The molecule has 0 saturated carbocycles. The molecule has 0 spiro atoms. The molecule has 0 bridgehead atoms. The smallest absolute Gasteiger partial charge is 0.341 e. The number of nitrogens with zero attached hydrogens (tertiary/aromatic N) is 4. The maximum absolute atomic E-state index is 12.7. The Balaban J connectivity index is 1.74. The molecule has 0 fully saturated rings. The summed E-state index contributed by atoms with van der Waals surface area (Å²) in [6.45, 7) is 8.52. The third kappa shape index (κ3) is 5.56. The highest BCUT2D eigenvalue weighted by Gasteiger charge is 2.22. The molecule has 0 aliphatic rings. The zero-order valence-electron chi connectivity index (χ0n) is 19.8. The molecule has 2 heterocycles. The lowest BCUT2D eigenvalue weighted by molar-refractivity contribution is -0.113. The van der Waals surface area contributed by atoms with Crippen LogP contribution >= 0.6 is 23.1 Å². The average Bonchev–Trinajstić information content (AvgIpc) is 3.32. The summed E-state index contributed by atoms with van der Waals surface area (Å²) in [5, 5.41) is 12.8. The molecule has 3 rings (SSSR count). The molecule has 1 amide bonds. The minimum atomic E-state index is -0.419. The number of hydrogen-bond donors (Lipinski definition) is 1. The summed E-state index contributed by atoms with van der Waals surface area (Å²) in [5.74, 6) is 0.276. The minimum Gasteiger partial charge on any atom is -0.462 e. The highest BCUT2D eigenvalue weighted by atomic mass is 32.2. The van der Waals surface area contributed by atoms with E-state index in [1.807, 2.05) is 62.5 Å². The molecule has 33 heavy (non-hydrogen) atoms. The van der Waals surface area contributed by atoms with Crippen molar-refractivity contribution >= 4 is 45.7 Å². The van der Waals surface area contributed by atoms with Crippen LogP contribution in [0.25, 0.3) is 11.4 Å². The Kier molecular flexibility index (Phi) is 8.15. The normalized spacial score (nSPS) is 10.8. The van der Waals surface area contributed by atoms with Gasteiger partial charge in [0, 0.05) is 36.8 Å². The standard InChI is InChI=1S/C23H29N5O3S2/c1-7-28-20(16-10-9-11-17(12-16)27(5)6)25-26-23(28)32-13-18(29)24-21-19(22(30)31-8-2)14(3)15(4)33-21/h9-12H,7-8,13H2,1-6H3,(H,24,29). The summed E-state index contributed by atoms with van der Waals surface area (Å²) in [7, 11) is 3.99. The second kappa shape index (κ2) is 10.8. The molecule has 1 N–H and O–H groups in total. The van der Waals surface area contributed by atoms with Crippen molar-refractivity contribution in [2.75, 3.05) is 36.7 Å². The highest BCUT2D eigenvalue weighted by molar-refractivity contribution is 7.99. The number of hydrogen-bond acceptors (Lipinski definition) is 8. The van der Waals surface area contributed by atoms with E-state index in [4.69, 9.17) is 4.74 Å². The summed E-state index contributed by atoms with van der Waals surface area (Å²) in [4.78, 5) is 28.1. The Bertz CT molecular complexity index is 1150. The van der Waals surface area contributed by atoms with Crippen LogP contribution in [-0.4, -0.2) is 53.1 Å². The van der Waals surface area contributed by atoms with Gasteiger partial charge < -0.3 is 19.5 Å². The monoisotopic (exact) mass is 487 g/mol. The molecule has 0 unspecified atom stereocenters. The van der Waals surface area contributed by atoms with Crippen molar-refractivity contribution in [3.63, 3.8) is 0 Å². The molecular formula is C23H29N5O3S2. The maximum Gasteiger partial charge on any atom is 0.341 e. The van der Waals surface area contributed by atoms with Crippen molar-refractivity contribution in [1.82, 2.24) is 14.8 Å². The fourth-order valence-electron chi connectivity index (χ4n) is 3.27. The number of thiophene rings is 1. The zero-order valence-corrected chi connectivity index (χ0v) is 21.4. The lowest BCUT2D eigenvalue weighted by Gasteiger charge is -2.14. The quantitative estimate of drug-likeness (QED) is 0.348. The SMILES string of the molecule is CCOC(=O)c1c(NC(=O)CSc2nnc(-c3cccc(N(C)C)c3)n2CC)sc(C)c1C. The van der Waals surface area contributed by atoms with Gasteiger partial charge in [0.15, 0.2) is 11.0 Å². The number of aromatic nitrogens is 3. The first-order chi connectivity index (χ1) is 15.8. The Morgan fingerprint density at radius 1 is 1.21 bits per heavy atom. The first kappa shape index (κ1) is 24.8. The summed E-state index contributed by atoms with van der Waals surface area (Å²) < 4.78 is 7.15. The second-order valence-corrected chi connectivity index (χ2v) is 9.71. The van der Waals surface area contributed by atoms with Gasteiger partial charge in [-0.1, -0.05) is 23.9 Å². The molecule has 3 aromatic rings. The number of benzene rings is 1. The number of ether oxygens (including phenoxy) is 1. The van der Waals surface area contributed by atoms with Crippen molar-refractivity contribution in [3.8, 4) is 11.4 Å². The van der Waals surface area contributed by atoms with Crippen molar-refractivity contribution in [1.29, 1.82) is 0 Å². The van der Waals surface area contributed by atoms with Crippen LogP contribution in [-0.2, 0) is 16.1 Å². The van der Waals surface area contributed by atoms with Crippen LogP contribution in [0.3, 0.4) is 0 Å². The molecule has 0 aliphatic carbocycles. The number of carbonyl (C=O) groups excluding carboxylic acids is 2. The van der Waals surface area contributed by atoms with Crippen LogP contribution in [0.4, 0.5) is 10.7 Å². The molecule has 1 aromatic carbocycles. The van der Waals surface area contributed by atoms with E-state index in [2.05, 4.69) is 21.6 Å². The highest BCUT2D eigenvalue weighted by Crippen LogP contribution is 2.33. The molecule has 0 aliphatic heterocycles. The molecule has 0 atom stereocenters. The van der Waals surface area contributed by atoms with Crippen molar-refractivity contribution in [2.45, 2.75) is 39.4 Å². The van der Waals surface area contributed by atoms with Gasteiger partial charge in [-0.25, -0.2) is 4.79 Å². The van der Waals surface area contributed by atoms with E-state index in [0.29, 0.717) is 22.3 Å². The summed E-state index contributed by atoms with van der Waals surface area (Å²) in [6.07, 6.45) is 0. The van der Waals surface area contributed by atoms with E-state index in [-0.39, 0.29) is 18.3 Å². The van der Waals surface area contributed by atoms with Crippen LogP contribution in [0.1, 0.15) is 34.6 Å². The predicted molar refractivity (Wildman–Crippen MR) is 135 cm³/mol. The Hall–Kier alpha value is -2.85. The van der Waals surface area contributed by atoms with Gasteiger partial charge in [0.2, 0.25) is 5.91 Å². The van der Waals surface area contributed by atoms with Crippen LogP contribution in [0.2, 0.25) is 0 Å². The summed E-state index contributed by atoms with van der Waals surface area (Å²) >= 11 is 2.69. The van der Waals surface area contributed by atoms with E-state index >= 15 is 0 Å². The Morgan fingerprint density at radius 2 is 1.97 bits per heavy atom. The van der Waals surface area contributed by atoms with Gasteiger partial charge in [0.1, 0.15) is 5.00 Å². The minimum absolute atomic E-state index is 0.147. The second-order valence-electron chi connectivity index (χ2n) is 7.54. The maximum atomic E-state index is 12.7. The lowest BCUT2D eigenvalue weighted by atomic mass is 10.1. The lowest BCUT2D eigenvalue weighted by Crippen LogP contribution is -2.17. The van der Waals surface area contributed by atoms with Crippen LogP contribution in [0.5, 0.6) is 0 Å². The predicted octanol–water partition coefficient (Wildman–Crippen LogP) is 4.62. The summed E-state index contributed by atoms with van der Waals surface area (Å²) in [5.41, 5.74) is 3.30. The van der Waals surface area contributed by atoms with E-state index < -0.39 is 5.97 Å². The number of aryl methyl sites for hydroxylation is 1.